The van der Waals surface area contributed by atoms with Crippen LogP contribution in [0.25, 0.3) is 11.7 Å². The summed E-state index contributed by atoms with van der Waals surface area (Å²) in [6, 6.07) is 3.52. The molecule has 1 amide bonds. The van der Waals surface area contributed by atoms with E-state index in [1.165, 1.54) is 11.3 Å². The number of rotatable bonds is 5. The summed E-state index contributed by atoms with van der Waals surface area (Å²) in [5.41, 5.74) is 1.56. The molecular weight excluding hydrogens is 302 g/mol. The molecule has 0 aliphatic rings. The van der Waals surface area contributed by atoms with Gasteiger partial charge in [-0.2, -0.15) is 0 Å². The highest BCUT2D eigenvalue weighted by molar-refractivity contribution is 7.13. The lowest BCUT2D eigenvalue weighted by Crippen LogP contribution is -2.15. The van der Waals surface area contributed by atoms with Crippen LogP contribution in [0.1, 0.15) is 24.1 Å². The lowest BCUT2D eigenvalue weighted by Gasteiger charge is -1.99. The van der Waals surface area contributed by atoms with Crippen LogP contribution in [0.5, 0.6) is 0 Å². The van der Waals surface area contributed by atoms with E-state index in [0.29, 0.717) is 28.2 Å². The van der Waals surface area contributed by atoms with E-state index >= 15 is 0 Å². The molecule has 0 saturated carbocycles. The van der Waals surface area contributed by atoms with E-state index in [1.54, 1.807) is 25.3 Å². The summed E-state index contributed by atoms with van der Waals surface area (Å²) < 4.78 is 10.8. The Morgan fingerprint density at radius 2 is 2.27 bits per heavy atom. The van der Waals surface area contributed by atoms with Crippen LogP contribution in [0.4, 0.5) is 5.13 Å². The number of hydrogen-bond acceptors (Lipinski definition) is 6. The standard InChI is InChI=1S/C15H15N3O3S/c1-3-10-8-22-15(16-10)18-13(19)7-11-9(2)21-14(17-11)12-5-4-6-20-12/h4-6,8H,3,7H2,1-2H3,(H,16,18,19). The van der Waals surface area contributed by atoms with Crippen molar-refractivity contribution in [3.63, 3.8) is 0 Å². The van der Waals surface area contributed by atoms with Crippen molar-refractivity contribution < 1.29 is 13.6 Å². The molecule has 3 heterocycles. The van der Waals surface area contributed by atoms with Crippen LogP contribution in [0.15, 0.2) is 32.6 Å². The van der Waals surface area contributed by atoms with Crippen molar-refractivity contribution in [1.29, 1.82) is 0 Å². The molecule has 6 nitrogen and oxygen atoms in total. The van der Waals surface area contributed by atoms with Gasteiger partial charge < -0.3 is 14.2 Å². The largest absolute Gasteiger partial charge is 0.459 e. The van der Waals surface area contributed by atoms with Crippen LogP contribution in [0.3, 0.4) is 0 Å². The zero-order valence-electron chi connectivity index (χ0n) is 12.3. The number of furan rings is 1. The van der Waals surface area contributed by atoms with Crippen LogP contribution in [-0.4, -0.2) is 15.9 Å². The number of amides is 1. The number of aromatic nitrogens is 2. The maximum absolute atomic E-state index is 12.1. The Kier molecular flexibility index (Phi) is 4.06. The maximum atomic E-state index is 12.1. The number of carbonyl (C=O) groups is 1. The molecule has 0 saturated heterocycles. The first kappa shape index (κ1) is 14.5. The lowest BCUT2D eigenvalue weighted by atomic mass is 10.2. The Balaban J connectivity index is 1.69. The van der Waals surface area contributed by atoms with Crippen molar-refractivity contribution in [2.45, 2.75) is 26.7 Å². The van der Waals surface area contributed by atoms with Gasteiger partial charge in [0.25, 0.3) is 5.89 Å². The van der Waals surface area contributed by atoms with E-state index in [-0.39, 0.29) is 12.3 Å². The number of oxazole rings is 1. The molecule has 3 aromatic rings. The molecule has 3 rings (SSSR count). The molecule has 0 aliphatic heterocycles. The first-order chi connectivity index (χ1) is 10.7. The number of thiazole rings is 1. The van der Waals surface area contributed by atoms with Gasteiger partial charge in [0, 0.05) is 5.38 Å². The zero-order chi connectivity index (χ0) is 15.5. The fourth-order valence-electron chi connectivity index (χ4n) is 1.94. The summed E-state index contributed by atoms with van der Waals surface area (Å²) in [6.07, 6.45) is 2.54. The number of nitrogens with zero attached hydrogens (tertiary/aromatic N) is 2. The number of nitrogens with one attached hydrogen (secondary N) is 1. The molecule has 0 atom stereocenters. The second kappa shape index (κ2) is 6.15. The summed E-state index contributed by atoms with van der Waals surface area (Å²) in [5.74, 6) is 1.37. The van der Waals surface area contributed by atoms with Gasteiger partial charge >= 0.3 is 0 Å². The highest BCUT2D eigenvalue weighted by Gasteiger charge is 2.16. The zero-order valence-corrected chi connectivity index (χ0v) is 13.1. The fraction of sp³-hybridized carbons (Fsp3) is 0.267. The van der Waals surface area contributed by atoms with Crippen molar-refractivity contribution >= 4 is 22.4 Å². The average molecular weight is 317 g/mol. The molecule has 22 heavy (non-hydrogen) atoms. The third-order valence-electron chi connectivity index (χ3n) is 3.11. The highest BCUT2D eigenvalue weighted by Crippen LogP contribution is 2.22. The smallest absolute Gasteiger partial charge is 0.263 e. The summed E-state index contributed by atoms with van der Waals surface area (Å²) in [6.45, 7) is 3.80. The molecule has 0 fully saturated rings. The Morgan fingerprint density at radius 1 is 1.41 bits per heavy atom. The quantitative estimate of drug-likeness (QED) is 0.779. The molecular formula is C15H15N3O3S. The van der Waals surface area contributed by atoms with E-state index < -0.39 is 0 Å². The number of anilines is 1. The second-order valence-electron chi connectivity index (χ2n) is 4.72. The normalized spacial score (nSPS) is 10.8. The van der Waals surface area contributed by atoms with E-state index in [9.17, 15) is 4.79 Å². The molecule has 114 valence electrons. The van der Waals surface area contributed by atoms with Gasteiger partial charge in [-0.1, -0.05) is 6.92 Å². The van der Waals surface area contributed by atoms with E-state index in [4.69, 9.17) is 8.83 Å². The SMILES string of the molecule is CCc1csc(NC(=O)Cc2nc(-c3ccco3)oc2C)n1. The first-order valence-electron chi connectivity index (χ1n) is 6.90. The third-order valence-corrected chi connectivity index (χ3v) is 3.92. The van der Waals surface area contributed by atoms with Crippen molar-refractivity contribution in [1.82, 2.24) is 9.97 Å². The van der Waals surface area contributed by atoms with E-state index in [0.717, 1.165) is 12.1 Å². The van der Waals surface area contributed by atoms with Gasteiger partial charge in [-0.25, -0.2) is 9.97 Å². The van der Waals surface area contributed by atoms with Crippen molar-refractivity contribution in [2.75, 3.05) is 5.32 Å². The first-order valence-corrected chi connectivity index (χ1v) is 7.78. The monoisotopic (exact) mass is 317 g/mol. The summed E-state index contributed by atoms with van der Waals surface area (Å²) >= 11 is 1.42. The molecule has 0 radical (unpaired) electrons. The lowest BCUT2D eigenvalue weighted by molar-refractivity contribution is -0.115. The minimum Gasteiger partial charge on any atom is -0.459 e. The summed E-state index contributed by atoms with van der Waals surface area (Å²) in [7, 11) is 0. The summed E-state index contributed by atoms with van der Waals surface area (Å²) in [4.78, 5) is 20.7. The Bertz CT molecular complexity index is 774. The van der Waals surface area contributed by atoms with E-state index in [2.05, 4.69) is 15.3 Å². The molecule has 7 heteroatoms. The number of carbonyl (C=O) groups excluding carboxylic acids is 1. The number of hydrogen-bond donors (Lipinski definition) is 1. The molecule has 0 spiro atoms. The Morgan fingerprint density at radius 3 is 2.95 bits per heavy atom. The second-order valence-corrected chi connectivity index (χ2v) is 5.58. The fourth-order valence-corrected chi connectivity index (χ4v) is 2.75. The van der Waals surface area contributed by atoms with Gasteiger partial charge in [0.2, 0.25) is 5.91 Å². The van der Waals surface area contributed by atoms with Crippen LogP contribution in [0, 0.1) is 6.92 Å². The van der Waals surface area contributed by atoms with Crippen LogP contribution in [-0.2, 0) is 17.6 Å². The topological polar surface area (TPSA) is 81.2 Å². The summed E-state index contributed by atoms with van der Waals surface area (Å²) in [5, 5.41) is 5.32. The average Bonchev–Trinajstić information content (AvgIpc) is 3.21. The molecule has 0 aliphatic carbocycles. The molecule has 0 aromatic carbocycles. The van der Waals surface area contributed by atoms with Crippen molar-refractivity contribution in [2.24, 2.45) is 0 Å². The van der Waals surface area contributed by atoms with Gasteiger partial charge in [-0.15, -0.1) is 11.3 Å². The minimum absolute atomic E-state index is 0.136. The van der Waals surface area contributed by atoms with Crippen LogP contribution in [0.2, 0.25) is 0 Å². The highest BCUT2D eigenvalue weighted by atomic mass is 32.1. The minimum atomic E-state index is -0.167. The molecule has 0 unspecified atom stereocenters. The van der Waals surface area contributed by atoms with Crippen LogP contribution < -0.4 is 5.32 Å². The molecule has 3 aromatic heterocycles. The molecule has 1 N–H and O–H groups in total. The van der Waals surface area contributed by atoms with Crippen LogP contribution >= 0.6 is 11.3 Å². The molecule has 0 bridgehead atoms. The third kappa shape index (κ3) is 3.09. The van der Waals surface area contributed by atoms with Crippen molar-refractivity contribution in [3.05, 3.63) is 40.9 Å². The maximum Gasteiger partial charge on any atom is 0.263 e. The Hall–Kier alpha value is -2.41. The van der Waals surface area contributed by atoms with Gasteiger partial charge in [-0.3, -0.25) is 4.79 Å². The van der Waals surface area contributed by atoms with Gasteiger partial charge in [0.05, 0.1) is 24.1 Å². The van der Waals surface area contributed by atoms with Gasteiger partial charge in [0.1, 0.15) is 5.76 Å². The number of aryl methyl sites for hydroxylation is 2. The van der Waals surface area contributed by atoms with E-state index in [1.807, 2.05) is 12.3 Å². The van der Waals surface area contributed by atoms with Gasteiger partial charge in [0.15, 0.2) is 10.9 Å². The van der Waals surface area contributed by atoms with Crippen molar-refractivity contribution in [3.8, 4) is 11.7 Å². The predicted molar refractivity (Wildman–Crippen MR) is 82.8 cm³/mol. The Labute approximate surface area is 131 Å². The van der Waals surface area contributed by atoms with Gasteiger partial charge in [-0.05, 0) is 25.5 Å². The predicted octanol–water partition coefficient (Wildman–Crippen LogP) is 3.44.